The van der Waals surface area contributed by atoms with Crippen molar-refractivity contribution in [1.82, 2.24) is 5.32 Å². The van der Waals surface area contributed by atoms with Gasteiger partial charge in [0, 0.05) is 6.42 Å². The molecular weight excluding hydrogens is 1040 g/mol. The Hall–Kier alpha value is -1.53. The summed E-state index contributed by atoms with van der Waals surface area (Å²) < 4.78 is 22.8. The predicted octanol–water partition coefficient (Wildman–Crippen LogP) is 13.6. The largest absolute Gasteiger partial charge is 0.394 e. The first-order valence-electron chi connectivity index (χ1n) is 34.6. The highest BCUT2D eigenvalue weighted by Crippen LogP contribution is 2.30. The number of unbranched alkanes of at least 4 members (excludes halogenated alkanes) is 42. The maximum absolute atomic E-state index is 13.3. The van der Waals surface area contributed by atoms with Crippen molar-refractivity contribution in [3.63, 3.8) is 0 Å². The van der Waals surface area contributed by atoms with Gasteiger partial charge < -0.3 is 65.1 Å². The Morgan fingerprint density at radius 1 is 0.427 bits per heavy atom. The van der Waals surface area contributed by atoms with Crippen LogP contribution >= 0.6 is 0 Å². The van der Waals surface area contributed by atoms with Crippen molar-refractivity contribution in [1.29, 1.82) is 0 Å². The Balaban J connectivity index is 1.71. The minimum absolute atomic E-state index is 0.242. The van der Waals surface area contributed by atoms with Crippen molar-refractivity contribution in [2.75, 3.05) is 19.8 Å². The van der Waals surface area contributed by atoms with Crippen LogP contribution in [-0.2, 0) is 23.7 Å². The molecule has 0 aromatic rings. The molecule has 2 rings (SSSR count). The highest BCUT2D eigenvalue weighted by atomic mass is 16.7. The fraction of sp³-hybridized carbons (Fsp3) is 0.926. The van der Waals surface area contributed by atoms with Crippen LogP contribution in [0.2, 0.25) is 0 Å². The lowest BCUT2D eigenvalue weighted by atomic mass is 9.97. The SMILES string of the molecule is CCCCCCCCCCCCCCCCCCCCC/C=C/CC/C=C/C(O)C(COC1OC(CO)C(OC2OC(CO)C(O)C(O)C2O)C(O)C1O)NC(=O)CCCCCCCCCCCCCCCCCCCCCCCCC. The van der Waals surface area contributed by atoms with Gasteiger partial charge in [-0.05, 0) is 32.1 Å². The van der Waals surface area contributed by atoms with E-state index in [9.17, 15) is 45.6 Å². The van der Waals surface area contributed by atoms with Gasteiger partial charge in [0.2, 0.25) is 5.91 Å². The predicted molar refractivity (Wildman–Crippen MR) is 332 cm³/mol. The van der Waals surface area contributed by atoms with E-state index in [-0.39, 0.29) is 18.9 Å². The van der Waals surface area contributed by atoms with Crippen LogP contribution in [0.15, 0.2) is 24.3 Å². The van der Waals surface area contributed by atoms with Crippen LogP contribution in [0.4, 0.5) is 0 Å². The van der Waals surface area contributed by atoms with E-state index in [0.717, 1.165) is 32.1 Å². The summed E-state index contributed by atoms with van der Waals surface area (Å²) in [6, 6.07) is -0.929. The average molecular weight is 1170 g/mol. The monoisotopic (exact) mass is 1170 g/mol. The lowest BCUT2D eigenvalue weighted by molar-refractivity contribution is -0.359. The summed E-state index contributed by atoms with van der Waals surface area (Å²) in [5.41, 5.74) is 0. The molecule has 2 fully saturated rings. The summed E-state index contributed by atoms with van der Waals surface area (Å²) in [5, 5.41) is 87.4. The fourth-order valence-electron chi connectivity index (χ4n) is 11.6. The van der Waals surface area contributed by atoms with E-state index < -0.39 is 86.8 Å². The number of hydrogen-bond acceptors (Lipinski definition) is 13. The molecule has 1 amide bonds. The van der Waals surface area contributed by atoms with Crippen molar-refractivity contribution < 1.29 is 64.6 Å². The second-order valence-electron chi connectivity index (χ2n) is 24.7. The number of allylic oxidation sites excluding steroid dienone is 3. The molecule has 14 nitrogen and oxygen atoms in total. The molecule has 9 N–H and O–H groups in total. The molecule has 2 aliphatic heterocycles. The number of hydrogen-bond donors (Lipinski definition) is 9. The molecule has 0 aromatic heterocycles. The summed E-state index contributed by atoms with van der Waals surface area (Å²) in [7, 11) is 0. The molecule has 2 saturated heterocycles. The van der Waals surface area contributed by atoms with Crippen LogP contribution < -0.4 is 5.32 Å². The van der Waals surface area contributed by atoms with E-state index in [1.54, 1.807) is 6.08 Å². The third-order valence-corrected chi connectivity index (χ3v) is 17.1. The Bertz CT molecular complexity index is 1470. The Morgan fingerprint density at radius 3 is 1.20 bits per heavy atom. The topological polar surface area (TPSA) is 228 Å². The number of ether oxygens (including phenoxy) is 4. The number of carbonyl (C=O) groups excluding carboxylic acids is 1. The van der Waals surface area contributed by atoms with E-state index >= 15 is 0 Å². The van der Waals surface area contributed by atoms with E-state index in [4.69, 9.17) is 18.9 Å². The molecule has 82 heavy (non-hydrogen) atoms. The summed E-state index contributed by atoms with van der Waals surface area (Å²) in [6.45, 7) is 2.84. The number of aliphatic hydroxyl groups is 8. The lowest BCUT2D eigenvalue weighted by Crippen LogP contribution is -2.65. The molecule has 0 saturated carbocycles. The summed E-state index contributed by atoms with van der Waals surface area (Å²) in [4.78, 5) is 13.3. The van der Waals surface area contributed by atoms with Gasteiger partial charge in [-0.25, -0.2) is 0 Å². The number of rotatable bonds is 57. The van der Waals surface area contributed by atoms with Gasteiger partial charge >= 0.3 is 0 Å². The second kappa shape index (κ2) is 53.7. The van der Waals surface area contributed by atoms with Gasteiger partial charge in [-0.2, -0.15) is 0 Å². The number of amides is 1. The summed E-state index contributed by atoms with van der Waals surface area (Å²) in [6.07, 6.45) is 49.5. The zero-order valence-electron chi connectivity index (χ0n) is 52.5. The number of nitrogens with one attached hydrogen (secondary N) is 1. The second-order valence-corrected chi connectivity index (χ2v) is 24.7. The van der Waals surface area contributed by atoms with Gasteiger partial charge in [0.05, 0.1) is 32.0 Å². The molecule has 0 radical (unpaired) electrons. The molecule has 2 heterocycles. The molecule has 0 aromatic carbocycles. The molecule has 12 atom stereocenters. The molecule has 484 valence electrons. The van der Waals surface area contributed by atoms with Gasteiger partial charge in [0.25, 0.3) is 0 Å². The van der Waals surface area contributed by atoms with Crippen LogP contribution in [0, 0.1) is 0 Å². The lowest BCUT2D eigenvalue weighted by Gasteiger charge is -2.46. The van der Waals surface area contributed by atoms with E-state index in [2.05, 4.69) is 31.3 Å². The van der Waals surface area contributed by atoms with Crippen molar-refractivity contribution in [3.8, 4) is 0 Å². The smallest absolute Gasteiger partial charge is 0.220 e. The van der Waals surface area contributed by atoms with Crippen molar-refractivity contribution in [2.45, 2.75) is 383 Å². The van der Waals surface area contributed by atoms with Crippen molar-refractivity contribution in [2.24, 2.45) is 0 Å². The van der Waals surface area contributed by atoms with Crippen LogP contribution in [0.3, 0.4) is 0 Å². The Kier molecular flexibility index (Phi) is 50.1. The van der Waals surface area contributed by atoms with Crippen LogP contribution in [0.1, 0.15) is 309 Å². The standard InChI is InChI=1S/C68H129NO13/c1-3-5-7-9-11-13-15-17-19-21-23-25-27-28-30-31-33-35-37-39-41-43-45-47-49-51-57(72)56(55-79-67-65(78)63(76)66(59(54-71)81-67)82-68-64(77)62(75)61(74)58(53-70)80-68)69-60(73)52-50-48-46-44-42-40-38-36-34-32-29-26-24-22-20-18-16-14-12-10-8-6-4-2/h41,43,49,51,56-59,61-68,70-72,74-78H,3-40,42,44-48,50,52-55H2,1-2H3,(H,69,73)/b43-41+,51-49+. The van der Waals surface area contributed by atoms with Crippen LogP contribution in [0.5, 0.6) is 0 Å². The molecule has 12 unspecified atom stereocenters. The third-order valence-electron chi connectivity index (χ3n) is 17.1. The third kappa shape index (κ3) is 37.9. The quantitative estimate of drug-likeness (QED) is 0.0204. The minimum Gasteiger partial charge on any atom is -0.394 e. The first-order chi connectivity index (χ1) is 40.1. The minimum atomic E-state index is -1.79. The zero-order valence-corrected chi connectivity index (χ0v) is 52.5. The number of aliphatic hydroxyl groups excluding tert-OH is 8. The molecule has 0 bridgehead atoms. The van der Waals surface area contributed by atoms with E-state index in [1.165, 1.54) is 244 Å². The summed E-state index contributed by atoms with van der Waals surface area (Å²) in [5.74, 6) is -0.242. The van der Waals surface area contributed by atoms with Crippen molar-refractivity contribution >= 4 is 5.91 Å². The van der Waals surface area contributed by atoms with Crippen molar-refractivity contribution in [3.05, 3.63) is 24.3 Å². The zero-order chi connectivity index (χ0) is 59.5. The van der Waals surface area contributed by atoms with Crippen LogP contribution in [-0.4, -0.2) is 140 Å². The van der Waals surface area contributed by atoms with E-state index in [1.807, 2.05) is 6.08 Å². The maximum Gasteiger partial charge on any atom is 0.220 e. The summed E-state index contributed by atoms with van der Waals surface area (Å²) >= 11 is 0. The molecule has 0 aliphatic carbocycles. The Morgan fingerprint density at radius 2 is 0.780 bits per heavy atom. The first-order valence-corrected chi connectivity index (χ1v) is 34.6. The van der Waals surface area contributed by atoms with Gasteiger partial charge in [-0.1, -0.05) is 295 Å². The highest BCUT2D eigenvalue weighted by Gasteiger charge is 2.51. The first kappa shape index (κ1) is 76.6. The molecule has 2 aliphatic rings. The van der Waals surface area contributed by atoms with Gasteiger partial charge in [0.15, 0.2) is 12.6 Å². The highest BCUT2D eigenvalue weighted by molar-refractivity contribution is 5.76. The average Bonchev–Trinajstić information content (AvgIpc) is 3.53. The van der Waals surface area contributed by atoms with Gasteiger partial charge in [-0.15, -0.1) is 0 Å². The molecule has 0 spiro atoms. The molecule has 14 heteroatoms. The van der Waals surface area contributed by atoms with Gasteiger partial charge in [-0.3, -0.25) is 4.79 Å². The Labute approximate surface area is 500 Å². The maximum atomic E-state index is 13.3. The van der Waals surface area contributed by atoms with E-state index in [0.29, 0.717) is 12.8 Å². The molecular formula is C68H129NO13. The fourth-order valence-corrected chi connectivity index (χ4v) is 11.6. The van der Waals surface area contributed by atoms with Gasteiger partial charge in [0.1, 0.15) is 48.8 Å². The van der Waals surface area contributed by atoms with Crippen LogP contribution in [0.25, 0.3) is 0 Å². The normalized spacial score (nSPS) is 24.0. The number of carbonyl (C=O) groups is 1.